The van der Waals surface area contributed by atoms with Crippen LogP contribution >= 0.6 is 0 Å². The number of nitrogens with zero attached hydrogens (tertiary/aromatic N) is 1. The molecule has 0 aromatic carbocycles. The van der Waals surface area contributed by atoms with Crippen molar-refractivity contribution in [3.05, 3.63) is 11.8 Å². The minimum atomic E-state index is -1.02. The van der Waals surface area contributed by atoms with Gasteiger partial charge >= 0.3 is 29.6 Å². The second-order valence-electron chi connectivity index (χ2n) is 3.09. The second kappa shape index (κ2) is 3.81. The summed E-state index contributed by atoms with van der Waals surface area (Å²) in [4.78, 5) is 12.5. The first-order chi connectivity index (χ1) is 5.29. The van der Waals surface area contributed by atoms with Gasteiger partial charge in [0.05, 0.1) is 11.7 Å². The summed E-state index contributed by atoms with van der Waals surface area (Å²) in [6, 6.07) is 0.493. The van der Waals surface area contributed by atoms with Crippen molar-refractivity contribution >= 4 is 5.97 Å². The minimum absolute atomic E-state index is 0. The van der Waals surface area contributed by atoms with E-state index in [2.05, 4.69) is 0 Å². The Kier molecular flexibility index (Phi) is 3.21. The Bertz CT molecular complexity index is 227. The van der Waals surface area contributed by atoms with Crippen LogP contribution < -0.4 is 34.7 Å². The van der Waals surface area contributed by atoms with E-state index in [9.17, 15) is 9.90 Å². The number of fused-ring (bicyclic) bond motifs is 1. The summed E-state index contributed by atoms with van der Waals surface area (Å²) in [6.07, 6.45) is 4.91. The molecule has 0 saturated carbocycles. The van der Waals surface area contributed by atoms with Crippen molar-refractivity contribution < 1.29 is 39.5 Å². The van der Waals surface area contributed by atoms with E-state index in [-0.39, 0.29) is 29.6 Å². The molecule has 0 radical (unpaired) electrons. The molecule has 0 spiro atoms. The summed E-state index contributed by atoms with van der Waals surface area (Å²) in [6.45, 7) is 0.893. The molecule has 0 aromatic heterocycles. The first-order valence-corrected chi connectivity index (χ1v) is 3.97. The summed E-state index contributed by atoms with van der Waals surface area (Å²) in [5, 5.41) is 10.5. The van der Waals surface area contributed by atoms with E-state index in [0.29, 0.717) is 11.7 Å². The predicted octanol–water partition coefficient (Wildman–Crippen LogP) is -3.51. The number of hydrogen-bond donors (Lipinski definition) is 0. The molecule has 4 heteroatoms. The van der Waals surface area contributed by atoms with Crippen molar-refractivity contribution in [1.29, 1.82) is 0 Å². The molecule has 1 atom stereocenters. The smallest absolute Gasteiger partial charge is 0.543 e. The van der Waals surface area contributed by atoms with Gasteiger partial charge in [-0.1, -0.05) is 6.08 Å². The molecule has 2 aliphatic rings. The molecule has 0 amide bonds. The van der Waals surface area contributed by atoms with Crippen molar-refractivity contribution in [1.82, 2.24) is 4.90 Å². The van der Waals surface area contributed by atoms with Crippen molar-refractivity contribution in [3.63, 3.8) is 0 Å². The van der Waals surface area contributed by atoms with Crippen molar-refractivity contribution in [2.75, 3.05) is 6.54 Å². The fourth-order valence-electron chi connectivity index (χ4n) is 1.79. The molecule has 0 aliphatic carbocycles. The molecule has 1 unspecified atom stereocenters. The average molecular weight is 175 g/mol. The van der Waals surface area contributed by atoms with Crippen LogP contribution in [-0.4, -0.2) is 23.5 Å². The maximum Gasteiger partial charge on any atom is 1.00 e. The summed E-state index contributed by atoms with van der Waals surface area (Å²) >= 11 is 0. The molecule has 0 aromatic rings. The first-order valence-electron chi connectivity index (χ1n) is 3.97. The number of carbonyl (C=O) groups excluding carboxylic acids is 1. The van der Waals surface area contributed by atoms with Crippen LogP contribution in [-0.2, 0) is 4.79 Å². The third-order valence-corrected chi connectivity index (χ3v) is 2.50. The third-order valence-electron chi connectivity index (χ3n) is 2.50. The normalized spacial score (nSPS) is 26.2. The largest absolute Gasteiger partial charge is 1.00 e. The van der Waals surface area contributed by atoms with E-state index < -0.39 is 5.97 Å². The molecule has 1 fully saturated rings. The van der Waals surface area contributed by atoms with Gasteiger partial charge in [-0.25, -0.2) is 0 Å². The SMILES string of the molecule is O=C([O-])C1=CCCC2CCN12.[Na+]. The Hall–Kier alpha value is 0.0100. The van der Waals surface area contributed by atoms with Gasteiger partial charge in [0.15, 0.2) is 0 Å². The fraction of sp³-hybridized carbons (Fsp3) is 0.625. The van der Waals surface area contributed by atoms with E-state index in [1.165, 1.54) is 0 Å². The molecule has 60 valence electrons. The molecule has 1 saturated heterocycles. The van der Waals surface area contributed by atoms with Crippen LogP contribution in [0, 0.1) is 0 Å². The van der Waals surface area contributed by atoms with Crippen molar-refractivity contribution in [2.24, 2.45) is 0 Å². The van der Waals surface area contributed by atoms with Crippen LogP contribution in [0.25, 0.3) is 0 Å². The molecule has 12 heavy (non-hydrogen) atoms. The number of carboxylic acids is 1. The van der Waals surface area contributed by atoms with Crippen LogP contribution in [0.4, 0.5) is 0 Å². The van der Waals surface area contributed by atoms with Crippen LogP contribution in [0.2, 0.25) is 0 Å². The van der Waals surface area contributed by atoms with E-state index >= 15 is 0 Å². The Morgan fingerprint density at radius 3 is 2.75 bits per heavy atom. The zero-order valence-corrected chi connectivity index (χ0v) is 9.25. The van der Waals surface area contributed by atoms with Crippen LogP contribution in [0.15, 0.2) is 11.8 Å². The van der Waals surface area contributed by atoms with Gasteiger partial charge in [-0.05, 0) is 19.3 Å². The Morgan fingerprint density at radius 1 is 1.58 bits per heavy atom. The second-order valence-corrected chi connectivity index (χ2v) is 3.09. The standard InChI is InChI=1S/C8H11NO2.Na/c10-8(11)7-3-1-2-6-4-5-9(6)7;/h3,6H,1-2,4-5H2,(H,10,11);/q;+1/p-1. The van der Waals surface area contributed by atoms with Crippen molar-refractivity contribution in [2.45, 2.75) is 25.3 Å². The number of carbonyl (C=O) groups is 1. The van der Waals surface area contributed by atoms with E-state index in [1.54, 1.807) is 6.08 Å². The van der Waals surface area contributed by atoms with E-state index in [0.717, 1.165) is 25.8 Å². The molecular weight excluding hydrogens is 165 g/mol. The number of hydrogen-bond acceptors (Lipinski definition) is 3. The molecule has 2 rings (SSSR count). The molecule has 0 N–H and O–H groups in total. The van der Waals surface area contributed by atoms with E-state index in [4.69, 9.17) is 0 Å². The van der Waals surface area contributed by atoms with Gasteiger partial charge in [0.2, 0.25) is 0 Å². The summed E-state index contributed by atoms with van der Waals surface area (Å²) in [5.74, 6) is -1.02. The number of carboxylic acid groups (broad SMARTS) is 1. The summed E-state index contributed by atoms with van der Waals surface area (Å²) < 4.78 is 0. The number of allylic oxidation sites excluding steroid dienone is 1. The van der Waals surface area contributed by atoms with Gasteiger partial charge in [0, 0.05) is 12.6 Å². The molecule has 2 heterocycles. The predicted molar refractivity (Wildman–Crippen MR) is 37.4 cm³/mol. The zero-order valence-electron chi connectivity index (χ0n) is 7.25. The topological polar surface area (TPSA) is 43.4 Å². The van der Waals surface area contributed by atoms with Crippen LogP contribution in [0.5, 0.6) is 0 Å². The number of aliphatic carboxylic acids is 1. The summed E-state index contributed by atoms with van der Waals surface area (Å²) in [7, 11) is 0. The maximum atomic E-state index is 10.5. The quantitative estimate of drug-likeness (QED) is 0.388. The van der Waals surface area contributed by atoms with Gasteiger partial charge < -0.3 is 14.8 Å². The van der Waals surface area contributed by atoms with Gasteiger partial charge in [-0.15, -0.1) is 0 Å². The van der Waals surface area contributed by atoms with Gasteiger partial charge in [0.25, 0.3) is 0 Å². The Morgan fingerprint density at radius 2 is 2.33 bits per heavy atom. The Labute approximate surface area is 93.7 Å². The molecule has 3 nitrogen and oxygen atoms in total. The third kappa shape index (κ3) is 1.53. The maximum absolute atomic E-state index is 10.5. The summed E-state index contributed by atoms with van der Waals surface area (Å²) in [5.41, 5.74) is 0.410. The monoisotopic (exact) mass is 175 g/mol. The molecular formula is C8H10NNaO2. The fourth-order valence-corrected chi connectivity index (χ4v) is 1.79. The van der Waals surface area contributed by atoms with E-state index in [1.807, 2.05) is 4.90 Å². The van der Waals surface area contributed by atoms with Crippen LogP contribution in [0.1, 0.15) is 19.3 Å². The Balaban J connectivity index is 0.000000720. The zero-order chi connectivity index (χ0) is 7.84. The number of rotatable bonds is 1. The van der Waals surface area contributed by atoms with Gasteiger partial charge in [-0.2, -0.15) is 0 Å². The average Bonchev–Trinajstić information content (AvgIpc) is 1.90. The van der Waals surface area contributed by atoms with Gasteiger partial charge in [0.1, 0.15) is 0 Å². The first kappa shape index (κ1) is 10.1. The van der Waals surface area contributed by atoms with Crippen LogP contribution in [0.3, 0.4) is 0 Å². The molecule has 2 aliphatic heterocycles. The molecule has 0 bridgehead atoms. The minimum Gasteiger partial charge on any atom is -0.543 e. The van der Waals surface area contributed by atoms with Gasteiger partial charge in [-0.3, -0.25) is 0 Å². The van der Waals surface area contributed by atoms with Crippen molar-refractivity contribution in [3.8, 4) is 0 Å².